The molecule has 0 spiro atoms. The van der Waals surface area contributed by atoms with E-state index in [0.29, 0.717) is 15.1 Å². The largest absolute Gasteiger partial charge is 0.305 e. The van der Waals surface area contributed by atoms with Crippen LogP contribution in [0.15, 0.2) is 53.5 Å². The number of terminal acetylenes is 1. The molecule has 0 unspecified atom stereocenters. The highest BCUT2D eigenvalue weighted by Crippen LogP contribution is 2.18. The van der Waals surface area contributed by atoms with Crippen molar-refractivity contribution in [2.75, 3.05) is 0 Å². The van der Waals surface area contributed by atoms with Crippen molar-refractivity contribution in [1.82, 2.24) is 4.57 Å². The predicted molar refractivity (Wildman–Crippen MR) is 84.9 cm³/mol. The second kappa shape index (κ2) is 5.96. The summed E-state index contributed by atoms with van der Waals surface area (Å²) in [6.07, 6.45) is 5.38. The van der Waals surface area contributed by atoms with Crippen LogP contribution >= 0.6 is 11.3 Å². The zero-order valence-electron chi connectivity index (χ0n) is 11.5. The van der Waals surface area contributed by atoms with Crippen LogP contribution in [0.25, 0.3) is 10.2 Å². The Bertz CT molecular complexity index is 948. The number of amides is 1. The number of nitrogens with zero attached hydrogens (tertiary/aromatic N) is 2. The predicted octanol–water partition coefficient (Wildman–Crippen LogP) is 3.22. The molecule has 0 bridgehead atoms. The van der Waals surface area contributed by atoms with E-state index in [9.17, 15) is 9.18 Å². The number of thiazole rings is 1. The van der Waals surface area contributed by atoms with E-state index in [1.54, 1.807) is 34.9 Å². The van der Waals surface area contributed by atoms with Crippen molar-refractivity contribution in [3.8, 4) is 12.3 Å². The highest BCUT2D eigenvalue weighted by atomic mass is 32.1. The Morgan fingerprint density at radius 2 is 2.05 bits per heavy atom. The molecule has 0 aliphatic heterocycles. The van der Waals surface area contributed by atoms with E-state index in [1.165, 1.54) is 23.5 Å². The van der Waals surface area contributed by atoms with E-state index in [-0.39, 0.29) is 18.3 Å². The first kappa shape index (κ1) is 14.2. The van der Waals surface area contributed by atoms with Gasteiger partial charge in [0.1, 0.15) is 5.82 Å². The number of hydrogen-bond acceptors (Lipinski definition) is 2. The monoisotopic (exact) mass is 310 g/mol. The maximum Gasteiger partial charge on any atom is 0.279 e. The third kappa shape index (κ3) is 2.69. The van der Waals surface area contributed by atoms with Crippen molar-refractivity contribution in [2.45, 2.75) is 6.54 Å². The zero-order valence-corrected chi connectivity index (χ0v) is 12.3. The molecule has 3 nitrogen and oxygen atoms in total. The topological polar surface area (TPSA) is 34.4 Å². The van der Waals surface area contributed by atoms with E-state index in [1.807, 2.05) is 6.07 Å². The first-order valence-electron chi connectivity index (χ1n) is 6.55. The average Bonchev–Trinajstić information content (AvgIpc) is 2.85. The van der Waals surface area contributed by atoms with Gasteiger partial charge in [-0.1, -0.05) is 35.5 Å². The third-order valence-corrected chi connectivity index (χ3v) is 4.15. The molecule has 0 aliphatic rings. The summed E-state index contributed by atoms with van der Waals surface area (Å²) in [5.74, 6) is 1.86. The van der Waals surface area contributed by atoms with Crippen molar-refractivity contribution >= 4 is 27.5 Å². The van der Waals surface area contributed by atoms with Gasteiger partial charge in [0, 0.05) is 5.56 Å². The average molecular weight is 310 g/mol. The number of aromatic nitrogens is 1. The number of carbonyl (C=O) groups excluding carboxylic acids is 1. The molecule has 0 aliphatic carbocycles. The fourth-order valence-corrected chi connectivity index (χ4v) is 3.16. The Kier molecular flexibility index (Phi) is 3.86. The van der Waals surface area contributed by atoms with Gasteiger partial charge in [0.15, 0.2) is 4.80 Å². The lowest BCUT2D eigenvalue weighted by Crippen LogP contribution is -2.16. The van der Waals surface area contributed by atoms with Gasteiger partial charge in [-0.15, -0.1) is 6.42 Å². The minimum atomic E-state index is -0.349. The molecule has 0 saturated carbocycles. The highest BCUT2D eigenvalue weighted by molar-refractivity contribution is 7.16. The second-order valence-corrected chi connectivity index (χ2v) is 5.58. The summed E-state index contributed by atoms with van der Waals surface area (Å²) in [5.41, 5.74) is 1.27. The number of fused-ring (bicyclic) bond motifs is 1. The first-order chi connectivity index (χ1) is 10.7. The molecule has 2 aromatic carbocycles. The Morgan fingerprint density at radius 1 is 1.27 bits per heavy atom. The Labute approximate surface area is 130 Å². The fraction of sp³-hybridized carbons (Fsp3) is 0.0588. The number of carbonyl (C=O) groups is 1. The number of hydrogen-bond donors (Lipinski definition) is 0. The standard InChI is InChI=1S/C17H11FN2OS/c1-2-10-20-14-9-8-13(18)11-15(14)22-17(20)19-16(21)12-6-4-3-5-7-12/h1,3-9,11H,10H2. The van der Waals surface area contributed by atoms with Crippen molar-refractivity contribution < 1.29 is 9.18 Å². The summed E-state index contributed by atoms with van der Waals surface area (Å²) in [5, 5.41) is 0. The van der Waals surface area contributed by atoms with Gasteiger partial charge < -0.3 is 4.57 Å². The lowest BCUT2D eigenvalue weighted by Gasteiger charge is -1.99. The van der Waals surface area contributed by atoms with Crippen LogP contribution in [-0.2, 0) is 6.54 Å². The smallest absolute Gasteiger partial charge is 0.279 e. The minimum absolute atomic E-state index is 0.270. The van der Waals surface area contributed by atoms with Crippen LogP contribution in [0.2, 0.25) is 0 Å². The molecule has 5 heteroatoms. The van der Waals surface area contributed by atoms with Crippen LogP contribution in [0.1, 0.15) is 10.4 Å². The van der Waals surface area contributed by atoms with E-state index >= 15 is 0 Å². The quantitative estimate of drug-likeness (QED) is 0.669. The Balaban J connectivity index is 2.17. The highest BCUT2D eigenvalue weighted by Gasteiger charge is 2.09. The summed E-state index contributed by atoms with van der Waals surface area (Å²) in [6.45, 7) is 0.270. The maximum atomic E-state index is 13.4. The van der Waals surface area contributed by atoms with Crippen molar-refractivity contribution in [1.29, 1.82) is 0 Å². The van der Waals surface area contributed by atoms with Crippen molar-refractivity contribution in [3.05, 3.63) is 64.7 Å². The van der Waals surface area contributed by atoms with E-state index in [4.69, 9.17) is 6.42 Å². The molecule has 3 aromatic rings. The van der Waals surface area contributed by atoms with E-state index in [0.717, 1.165) is 5.52 Å². The Hall–Kier alpha value is -2.71. The molecule has 1 aromatic heterocycles. The third-order valence-electron chi connectivity index (χ3n) is 3.11. The second-order valence-electron chi connectivity index (χ2n) is 4.57. The van der Waals surface area contributed by atoms with Crippen LogP contribution < -0.4 is 4.80 Å². The normalized spacial score (nSPS) is 11.5. The number of benzene rings is 2. The van der Waals surface area contributed by atoms with Crippen LogP contribution in [0, 0.1) is 18.2 Å². The number of rotatable bonds is 2. The van der Waals surface area contributed by atoms with Crippen LogP contribution in [-0.4, -0.2) is 10.5 Å². The summed E-state index contributed by atoms with van der Waals surface area (Å²) < 4.78 is 15.8. The molecular formula is C17H11FN2OS. The van der Waals surface area contributed by atoms with Gasteiger partial charge in [-0.25, -0.2) is 4.39 Å². The molecule has 1 amide bonds. The summed E-state index contributed by atoms with van der Waals surface area (Å²) in [6, 6.07) is 13.2. The molecular weight excluding hydrogens is 299 g/mol. The lowest BCUT2D eigenvalue weighted by molar-refractivity contribution is 0.0998. The van der Waals surface area contributed by atoms with Crippen LogP contribution in [0.5, 0.6) is 0 Å². The summed E-state index contributed by atoms with van der Waals surface area (Å²) in [7, 11) is 0. The SMILES string of the molecule is C#CCn1c(=NC(=O)c2ccccc2)sc2cc(F)ccc21. The van der Waals surface area contributed by atoms with Gasteiger partial charge in [-0.3, -0.25) is 4.79 Å². The van der Waals surface area contributed by atoms with Crippen molar-refractivity contribution in [2.24, 2.45) is 4.99 Å². The number of halogens is 1. The summed E-state index contributed by atoms with van der Waals surface area (Å²) >= 11 is 1.24. The molecule has 0 saturated heterocycles. The fourth-order valence-electron chi connectivity index (χ4n) is 2.11. The molecule has 108 valence electrons. The van der Waals surface area contributed by atoms with Gasteiger partial charge >= 0.3 is 0 Å². The first-order valence-corrected chi connectivity index (χ1v) is 7.37. The molecule has 0 fully saturated rings. The molecule has 1 heterocycles. The molecule has 22 heavy (non-hydrogen) atoms. The summed E-state index contributed by atoms with van der Waals surface area (Å²) in [4.78, 5) is 16.8. The molecule has 3 rings (SSSR count). The van der Waals surface area contributed by atoms with Crippen molar-refractivity contribution in [3.63, 3.8) is 0 Å². The van der Waals surface area contributed by atoms with Gasteiger partial charge in [0.05, 0.1) is 16.8 Å². The van der Waals surface area contributed by atoms with Gasteiger partial charge in [0.2, 0.25) is 0 Å². The van der Waals surface area contributed by atoms with Crippen LogP contribution in [0.3, 0.4) is 0 Å². The molecule has 0 atom stereocenters. The minimum Gasteiger partial charge on any atom is -0.305 e. The Morgan fingerprint density at radius 3 is 2.77 bits per heavy atom. The van der Waals surface area contributed by atoms with Gasteiger partial charge in [-0.05, 0) is 30.3 Å². The van der Waals surface area contributed by atoms with Crippen LogP contribution in [0.4, 0.5) is 4.39 Å². The molecule has 0 N–H and O–H groups in total. The lowest BCUT2D eigenvalue weighted by atomic mass is 10.2. The van der Waals surface area contributed by atoms with Gasteiger partial charge in [-0.2, -0.15) is 4.99 Å². The zero-order chi connectivity index (χ0) is 15.5. The molecule has 0 radical (unpaired) electrons. The van der Waals surface area contributed by atoms with Gasteiger partial charge in [0.25, 0.3) is 5.91 Å². The van der Waals surface area contributed by atoms with E-state index in [2.05, 4.69) is 10.9 Å². The van der Waals surface area contributed by atoms with E-state index < -0.39 is 0 Å². The maximum absolute atomic E-state index is 13.4.